The monoisotopic (exact) mass is 294 g/mol. The number of carbonyl (C=O) groups excluding carboxylic acids is 1. The number of anilines is 1. The first kappa shape index (κ1) is 15.4. The first-order valence-electron chi connectivity index (χ1n) is 5.26. The standard InChI is InChI=1S/C10H12F2N2O4S/c1-5(15)8-7(9(16)17)14-10(19-8)13-2-3-18-4-6(11)12/h6H,2-4H2,1H3,(H,13,14)(H,16,17). The van der Waals surface area contributed by atoms with Crippen molar-refractivity contribution in [3.8, 4) is 0 Å². The number of carbonyl (C=O) groups is 2. The molecule has 1 rings (SSSR count). The Kier molecular flexibility index (Phi) is 5.77. The van der Waals surface area contributed by atoms with Crippen molar-refractivity contribution in [1.29, 1.82) is 0 Å². The van der Waals surface area contributed by atoms with Gasteiger partial charge in [0.05, 0.1) is 6.61 Å². The van der Waals surface area contributed by atoms with Crippen molar-refractivity contribution in [3.63, 3.8) is 0 Å². The highest BCUT2D eigenvalue weighted by Gasteiger charge is 2.20. The third-order valence-electron chi connectivity index (χ3n) is 1.92. The topological polar surface area (TPSA) is 88.5 Å². The van der Waals surface area contributed by atoms with Gasteiger partial charge in [0.2, 0.25) is 0 Å². The number of alkyl halides is 2. The fourth-order valence-electron chi connectivity index (χ4n) is 1.18. The number of halogens is 2. The van der Waals surface area contributed by atoms with Gasteiger partial charge in [-0.2, -0.15) is 0 Å². The van der Waals surface area contributed by atoms with E-state index < -0.39 is 24.8 Å². The highest BCUT2D eigenvalue weighted by Crippen LogP contribution is 2.23. The van der Waals surface area contributed by atoms with Gasteiger partial charge in [-0.1, -0.05) is 11.3 Å². The molecule has 1 aromatic rings. The minimum Gasteiger partial charge on any atom is -0.476 e. The molecule has 0 bridgehead atoms. The van der Waals surface area contributed by atoms with Gasteiger partial charge in [-0.3, -0.25) is 4.79 Å². The number of aromatic carboxylic acids is 1. The highest BCUT2D eigenvalue weighted by molar-refractivity contribution is 7.17. The van der Waals surface area contributed by atoms with Gasteiger partial charge < -0.3 is 15.2 Å². The van der Waals surface area contributed by atoms with Gasteiger partial charge in [-0.25, -0.2) is 18.6 Å². The summed E-state index contributed by atoms with van der Waals surface area (Å²) in [7, 11) is 0. The number of ether oxygens (including phenoxy) is 1. The minimum absolute atomic E-state index is 0.0295. The lowest BCUT2D eigenvalue weighted by Crippen LogP contribution is -2.13. The number of hydrogen-bond acceptors (Lipinski definition) is 6. The first-order chi connectivity index (χ1) is 8.91. The molecule has 0 fully saturated rings. The van der Waals surface area contributed by atoms with Crippen LogP contribution in [0.25, 0.3) is 0 Å². The molecule has 0 atom stereocenters. The average Bonchev–Trinajstić information content (AvgIpc) is 2.72. The minimum atomic E-state index is -2.53. The Morgan fingerprint density at radius 2 is 2.21 bits per heavy atom. The van der Waals surface area contributed by atoms with Crippen LogP contribution in [0, 0.1) is 0 Å². The van der Waals surface area contributed by atoms with Gasteiger partial charge in [0.15, 0.2) is 16.6 Å². The van der Waals surface area contributed by atoms with E-state index in [1.807, 2.05) is 0 Å². The molecule has 0 amide bonds. The summed E-state index contributed by atoms with van der Waals surface area (Å²) >= 11 is 0.904. The van der Waals surface area contributed by atoms with Crippen molar-refractivity contribution in [2.24, 2.45) is 0 Å². The molecule has 0 spiro atoms. The van der Waals surface area contributed by atoms with Crippen LogP contribution in [0.4, 0.5) is 13.9 Å². The van der Waals surface area contributed by atoms with Crippen molar-refractivity contribution in [2.45, 2.75) is 13.3 Å². The quantitative estimate of drug-likeness (QED) is 0.561. The number of thiazole rings is 1. The Bertz CT molecular complexity index is 433. The van der Waals surface area contributed by atoms with Crippen LogP contribution in [0.15, 0.2) is 0 Å². The maximum absolute atomic E-state index is 11.8. The molecule has 0 saturated heterocycles. The summed E-state index contributed by atoms with van der Waals surface area (Å²) in [6.07, 6.45) is -2.53. The van der Waals surface area contributed by atoms with Gasteiger partial charge >= 0.3 is 5.97 Å². The van der Waals surface area contributed by atoms with E-state index >= 15 is 0 Å². The van der Waals surface area contributed by atoms with Crippen molar-refractivity contribution in [2.75, 3.05) is 25.1 Å². The van der Waals surface area contributed by atoms with Crippen LogP contribution >= 0.6 is 11.3 Å². The van der Waals surface area contributed by atoms with Crippen LogP contribution in [0.3, 0.4) is 0 Å². The molecule has 0 aliphatic heterocycles. The average molecular weight is 294 g/mol. The first-order valence-corrected chi connectivity index (χ1v) is 6.08. The Morgan fingerprint density at radius 3 is 2.68 bits per heavy atom. The van der Waals surface area contributed by atoms with Crippen LogP contribution < -0.4 is 5.32 Å². The lowest BCUT2D eigenvalue weighted by atomic mass is 10.3. The summed E-state index contributed by atoms with van der Waals surface area (Å²) < 4.78 is 28.2. The highest BCUT2D eigenvalue weighted by atomic mass is 32.1. The number of ketones is 1. The number of hydrogen-bond donors (Lipinski definition) is 2. The Hall–Kier alpha value is -1.61. The van der Waals surface area contributed by atoms with Crippen molar-refractivity contribution in [3.05, 3.63) is 10.6 Å². The summed E-state index contributed by atoms with van der Waals surface area (Å²) in [5.74, 6) is -1.68. The molecule has 19 heavy (non-hydrogen) atoms. The number of nitrogens with zero attached hydrogens (tertiary/aromatic N) is 1. The third kappa shape index (κ3) is 4.87. The molecule has 0 aliphatic carbocycles. The maximum Gasteiger partial charge on any atom is 0.356 e. The summed E-state index contributed by atoms with van der Waals surface area (Å²) in [6, 6.07) is 0. The molecule has 1 heterocycles. The molecule has 2 N–H and O–H groups in total. The predicted octanol–water partition coefficient (Wildman–Crippen LogP) is 1.74. The molecule has 0 aliphatic rings. The molecule has 0 radical (unpaired) electrons. The number of nitrogens with one attached hydrogen (secondary N) is 1. The van der Waals surface area contributed by atoms with Crippen molar-refractivity contribution < 1.29 is 28.2 Å². The number of carboxylic acids is 1. The largest absolute Gasteiger partial charge is 0.476 e. The Morgan fingerprint density at radius 1 is 1.53 bits per heavy atom. The van der Waals surface area contributed by atoms with Gasteiger partial charge in [-0.05, 0) is 0 Å². The van der Waals surface area contributed by atoms with Crippen LogP contribution in [0.2, 0.25) is 0 Å². The smallest absolute Gasteiger partial charge is 0.356 e. The molecule has 1 aromatic heterocycles. The van der Waals surface area contributed by atoms with Gasteiger partial charge in [0.25, 0.3) is 6.43 Å². The van der Waals surface area contributed by atoms with E-state index in [1.54, 1.807) is 0 Å². The van der Waals surface area contributed by atoms with Crippen LogP contribution in [-0.2, 0) is 4.74 Å². The second-order valence-electron chi connectivity index (χ2n) is 3.45. The van der Waals surface area contributed by atoms with Gasteiger partial charge in [-0.15, -0.1) is 0 Å². The molecular formula is C10H12F2N2O4S. The summed E-state index contributed by atoms with van der Waals surface area (Å²) in [6.45, 7) is 0.812. The van der Waals surface area contributed by atoms with Crippen LogP contribution in [0.5, 0.6) is 0 Å². The molecular weight excluding hydrogens is 282 g/mol. The van der Waals surface area contributed by atoms with E-state index in [0.717, 1.165) is 11.3 Å². The zero-order chi connectivity index (χ0) is 14.4. The lowest BCUT2D eigenvalue weighted by molar-refractivity contribution is 0.0215. The fourth-order valence-corrected chi connectivity index (χ4v) is 2.06. The summed E-state index contributed by atoms with van der Waals surface area (Å²) in [4.78, 5) is 25.8. The second kappa shape index (κ2) is 7.10. The molecule has 0 unspecified atom stereocenters. The molecule has 0 aromatic carbocycles. The SMILES string of the molecule is CC(=O)c1sc(NCCOCC(F)F)nc1C(=O)O. The van der Waals surface area contributed by atoms with E-state index in [4.69, 9.17) is 5.11 Å². The maximum atomic E-state index is 11.8. The summed E-state index contributed by atoms with van der Waals surface area (Å²) in [5, 5.41) is 11.8. The van der Waals surface area contributed by atoms with Crippen LogP contribution in [-0.4, -0.2) is 48.0 Å². The van der Waals surface area contributed by atoms with E-state index in [1.165, 1.54) is 6.92 Å². The van der Waals surface area contributed by atoms with E-state index in [0.29, 0.717) is 0 Å². The number of rotatable bonds is 8. The fraction of sp³-hybridized carbons (Fsp3) is 0.500. The Labute approximate surface area is 111 Å². The zero-order valence-corrected chi connectivity index (χ0v) is 10.8. The van der Waals surface area contributed by atoms with Crippen molar-refractivity contribution in [1.82, 2.24) is 4.98 Å². The third-order valence-corrected chi connectivity index (χ3v) is 3.03. The van der Waals surface area contributed by atoms with E-state index in [2.05, 4.69) is 15.0 Å². The van der Waals surface area contributed by atoms with E-state index in [-0.39, 0.29) is 28.9 Å². The normalized spacial score (nSPS) is 10.7. The summed E-state index contributed by atoms with van der Waals surface area (Å²) in [5.41, 5.74) is -0.312. The number of Topliss-reactive ketones (excluding diaryl/α,β-unsaturated/α-hetero) is 1. The zero-order valence-electron chi connectivity index (χ0n) is 9.98. The molecule has 6 nitrogen and oxygen atoms in total. The second-order valence-corrected chi connectivity index (χ2v) is 4.45. The van der Waals surface area contributed by atoms with Gasteiger partial charge in [0, 0.05) is 13.5 Å². The molecule has 9 heteroatoms. The lowest BCUT2D eigenvalue weighted by Gasteiger charge is -2.03. The molecule has 106 valence electrons. The van der Waals surface area contributed by atoms with Crippen LogP contribution in [0.1, 0.15) is 27.1 Å². The van der Waals surface area contributed by atoms with Crippen molar-refractivity contribution >= 4 is 28.2 Å². The predicted molar refractivity (Wildman–Crippen MR) is 64.4 cm³/mol. The Balaban J connectivity index is 2.53. The number of aromatic nitrogens is 1. The number of carboxylic acid groups (broad SMARTS) is 1. The van der Waals surface area contributed by atoms with E-state index in [9.17, 15) is 18.4 Å². The van der Waals surface area contributed by atoms with Gasteiger partial charge in [0.1, 0.15) is 11.5 Å². The molecule has 0 saturated carbocycles.